The summed E-state index contributed by atoms with van der Waals surface area (Å²) in [4.78, 5) is 11.1. The van der Waals surface area contributed by atoms with E-state index in [1.54, 1.807) is 23.0 Å². The number of methoxy groups -OCH3 is 1. The lowest BCUT2D eigenvalue weighted by Gasteiger charge is -2.10. The standard InChI is InChI=1S/C12H14N4O3/c1-16-7-14-15-11(16)6-13-10-5-8(19-2)3-4-9(10)12(17)18/h3-5,7,13H,6H2,1-2H3,(H,17,18). The number of carboxylic acid groups (broad SMARTS) is 1. The second-order valence-corrected chi connectivity index (χ2v) is 3.93. The van der Waals surface area contributed by atoms with E-state index < -0.39 is 5.97 Å². The zero-order chi connectivity index (χ0) is 13.8. The molecule has 7 nitrogen and oxygen atoms in total. The molecule has 2 N–H and O–H groups in total. The van der Waals surface area contributed by atoms with Gasteiger partial charge in [-0.2, -0.15) is 0 Å². The van der Waals surface area contributed by atoms with E-state index in [1.807, 2.05) is 7.05 Å². The summed E-state index contributed by atoms with van der Waals surface area (Å²) in [5.41, 5.74) is 0.665. The van der Waals surface area contributed by atoms with E-state index in [-0.39, 0.29) is 5.56 Å². The number of carboxylic acids is 1. The molecule has 1 heterocycles. The lowest BCUT2D eigenvalue weighted by molar-refractivity contribution is 0.0698. The number of aromatic nitrogens is 3. The van der Waals surface area contributed by atoms with Crippen LogP contribution in [0.1, 0.15) is 16.2 Å². The predicted molar refractivity (Wildman–Crippen MR) is 68.3 cm³/mol. The number of ether oxygens (including phenoxy) is 1. The van der Waals surface area contributed by atoms with Crippen LogP contribution in [0, 0.1) is 0 Å². The Bertz CT molecular complexity index is 594. The lowest BCUT2D eigenvalue weighted by Crippen LogP contribution is -2.09. The fraction of sp³-hybridized carbons (Fsp3) is 0.250. The van der Waals surface area contributed by atoms with Crippen molar-refractivity contribution in [1.29, 1.82) is 0 Å². The normalized spacial score (nSPS) is 10.2. The van der Waals surface area contributed by atoms with Gasteiger partial charge in [-0.15, -0.1) is 10.2 Å². The molecule has 0 aliphatic rings. The van der Waals surface area contributed by atoms with E-state index in [0.29, 0.717) is 23.8 Å². The maximum atomic E-state index is 11.1. The fourth-order valence-electron chi connectivity index (χ4n) is 1.62. The van der Waals surface area contributed by atoms with Crippen molar-refractivity contribution in [3.8, 4) is 5.75 Å². The highest BCUT2D eigenvalue weighted by Crippen LogP contribution is 2.23. The van der Waals surface area contributed by atoms with Gasteiger partial charge in [0.1, 0.15) is 12.1 Å². The topological polar surface area (TPSA) is 89.3 Å². The summed E-state index contributed by atoms with van der Waals surface area (Å²) < 4.78 is 6.84. The molecule has 0 saturated carbocycles. The predicted octanol–water partition coefficient (Wildman–Crippen LogP) is 1.13. The highest BCUT2D eigenvalue weighted by Gasteiger charge is 2.11. The molecule has 0 saturated heterocycles. The summed E-state index contributed by atoms with van der Waals surface area (Å²) in [5.74, 6) is 0.299. The molecule has 0 unspecified atom stereocenters. The van der Waals surface area contributed by atoms with Crippen molar-refractivity contribution in [3.63, 3.8) is 0 Å². The van der Waals surface area contributed by atoms with Gasteiger partial charge in [0.25, 0.3) is 0 Å². The molecule has 0 amide bonds. The second kappa shape index (κ2) is 5.38. The molecule has 0 spiro atoms. The molecule has 0 bridgehead atoms. The van der Waals surface area contributed by atoms with E-state index in [1.165, 1.54) is 13.2 Å². The van der Waals surface area contributed by atoms with Gasteiger partial charge in [0.05, 0.1) is 24.9 Å². The molecule has 0 aliphatic carbocycles. The van der Waals surface area contributed by atoms with Gasteiger partial charge >= 0.3 is 5.97 Å². The molecule has 2 aromatic rings. The van der Waals surface area contributed by atoms with Crippen LogP contribution in [0.5, 0.6) is 5.75 Å². The van der Waals surface area contributed by atoms with Crippen molar-refractivity contribution < 1.29 is 14.6 Å². The van der Waals surface area contributed by atoms with Gasteiger partial charge in [-0.3, -0.25) is 0 Å². The highest BCUT2D eigenvalue weighted by atomic mass is 16.5. The molecular weight excluding hydrogens is 248 g/mol. The Labute approximate surface area is 109 Å². The molecule has 0 atom stereocenters. The summed E-state index contributed by atoms with van der Waals surface area (Å²) in [6, 6.07) is 4.75. The summed E-state index contributed by atoms with van der Waals surface area (Å²) in [7, 11) is 3.35. The van der Waals surface area contributed by atoms with Crippen LogP contribution >= 0.6 is 0 Å². The van der Waals surface area contributed by atoms with Crippen LogP contribution in [0.25, 0.3) is 0 Å². The van der Waals surface area contributed by atoms with Crippen LogP contribution in [0.4, 0.5) is 5.69 Å². The Morgan fingerprint density at radius 1 is 1.53 bits per heavy atom. The first-order valence-electron chi connectivity index (χ1n) is 5.60. The monoisotopic (exact) mass is 262 g/mol. The van der Waals surface area contributed by atoms with E-state index in [0.717, 1.165) is 0 Å². The number of nitrogens with one attached hydrogen (secondary N) is 1. The summed E-state index contributed by atoms with van der Waals surface area (Å²) in [5, 5.41) is 19.8. The molecule has 0 radical (unpaired) electrons. The average molecular weight is 262 g/mol. The van der Waals surface area contributed by atoms with Crippen molar-refractivity contribution in [2.45, 2.75) is 6.54 Å². The third-order valence-corrected chi connectivity index (χ3v) is 2.70. The zero-order valence-electron chi connectivity index (χ0n) is 10.6. The van der Waals surface area contributed by atoms with E-state index in [4.69, 9.17) is 9.84 Å². The molecule has 2 rings (SSSR count). The number of nitrogens with zero attached hydrogens (tertiary/aromatic N) is 3. The number of aromatic carboxylic acids is 1. The van der Waals surface area contributed by atoms with Gasteiger partial charge in [-0.25, -0.2) is 4.79 Å². The van der Waals surface area contributed by atoms with E-state index in [9.17, 15) is 4.79 Å². The van der Waals surface area contributed by atoms with Gasteiger partial charge in [0.15, 0.2) is 5.82 Å². The van der Waals surface area contributed by atoms with Crippen molar-refractivity contribution >= 4 is 11.7 Å². The number of hydrogen-bond acceptors (Lipinski definition) is 5. The molecule has 1 aromatic carbocycles. The maximum Gasteiger partial charge on any atom is 0.337 e. The van der Waals surface area contributed by atoms with Gasteiger partial charge in [0.2, 0.25) is 0 Å². The number of aryl methyl sites for hydroxylation is 1. The molecule has 19 heavy (non-hydrogen) atoms. The number of benzene rings is 1. The van der Waals surface area contributed by atoms with E-state index >= 15 is 0 Å². The smallest absolute Gasteiger partial charge is 0.337 e. The van der Waals surface area contributed by atoms with Crippen LogP contribution in [-0.2, 0) is 13.6 Å². The Hall–Kier alpha value is -2.57. The Kier molecular flexibility index (Phi) is 3.65. The molecule has 1 aromatic heterocycles. The SMILES string of the molecule is COc1ccc(C(=O)O)c(NCc2nncn2C)c1. The molecule has 7 heteroatoms. The third-order valence-electron chi connectivity index (χ3n) is 2.70. The maximum absolute atomic E-state index is 11.1. The van der Waals surface area contributed by atoms with Crippen molar-refractivity contribution in [2.24, 2.45) is 7.05 Å². The van der Waals surface area contributed by atoms with Gasteiger partial charge < -0.3 is 19.7 Å². The average Bonchev–Trinajstić information content (AvgIpc) is 2.81. The minimum atomic E-state index is -0.997. The first-order valence-corrected chi connectivity index (χ1v) is 5.60. The second-order valence-electron chi connectivity index (χ2n) is 3.93. The fourth-order valence-corrected chi connectivity index (χ4v) is 1.62. The van der Waals surface area contributed by atoms with Gasteiger partial charge in [0, 0.05) is 13.1 Å². The van der Waals surface area contributed by atoms with Crippen LogP contribution in [-0.4, -0.2) is 33.0 Å². The summed E-state index contributed by atoms with van der Waals surface area (Å²) in [6.07, 6.45) is 1.58. The molecule has 0 aliphatic heterocycles. The van der Waals surface area contributed by atoms with Gasteiger partial charge in [-0.05, 0) is 12.1 Å². The number of carbonyl (C=O) groups is 1. The third kappa shape index (κ3) is 2.82. The number of rotatable bonds is 5. The van der Waals surface area contributed by atoms with Crippen molar-refractivity contribution in [2.75, 3.05) is 12.4 Å². The number of hydrogen-bond donors (Lipinski definition) is 2. The Morgan fingerprint density at radius 3 is 2.89 bits per heavy atom. The van der Waals surface area contributed by atoms with Crippen molar-refractivity contribution in [3.05, 3.63) is 35.9 Å². The van der Waals surface area contributed by atoms with Gasteiger partial charge in [-0.1, -0.05) is 0 Å². The largest absolute Gasteiger partial charge is 0.497 e. The van der Waals surface area contributed by atoms with Crippen LogP contribution in [0.2, 0.25) is 0 Å². The first kappa shape index (κ1) is 12.9. The van der Waals surface area contributed by atoms with Crippen molar-refractivity contribution in [1.82, 2.24) is 14.8 Å². The minimum Gasteiger partial charge on any atom is -0.497 e. The van der Waals surface area contributed by atoms with Crippen LogP contribution in [0.3, 0.4) is 0 Å². The molecule has 0 fully saturated rings. The van der Waals surface area contributed by atoms with E-state index in [2.05, 4.69) is 15.5 Å². The Balaban J connectivity index is 2.22. The zero-order valence-corrected chi connectivity index (χ0v) is 10.6. The highest BCUT2D eigenvalue weighted by molar-refractivity contribution is 5.94. The first-order chi connectivity index (χ1) is 9.11. The number of anilines is 1. The lowest BCUT2D eigenvalue weighted by atomic mass is 10.1. The minimum absolute atomic E-state index is 0.183. The van der Waals surface area contributed by atoms with Crippen LogP contribution < -0.4 is 10.1 Å². The molecular formula is C12H14N4O3. The summed E-state index contributed by atoms with van der Waals surface area (Å²) in [6.45, 7) is 0.379. The summed E-state index contributed by atoms with van der Waals surface area (Å²) >= 11 is 0. The molecule has 100 valence electrons. The quantitative estimate of drug-likeness (QED) is 0.839. The Morgan fingerprint density at radius 2 is 2.32 bits per heavy atom. The van der Waals surface area contributed by atoms with Crippen LogP contribution in [0.15, 0.2) is 24.5 Å².